The quantitative estimate of drug-likeness (QED) is 0.570. The highest BCUT2D eigenvalue weighted by molar-refractivity contribution is 5.42. The maximum atomic E-state index is 2.56. The van der Waals surface area contributed by atoms with Crippen molar-refractivity contribution in [2.24, 2.45) is 5.41 Å². The second kappa shape index (κ2) is 5.67. The molecule has 0 saturated heterocycles. The molecular formula is C21H37N. The lowest BCUT2D eigenvalue weighted by atomic mass is 9.56. The van der Waals surface area contributed by atoms with Gasteiger partial charge in [0.1, 0.15) is 0 Å². The fraction of sp³-hybridized carbons (Fsp3) is 0.714. The van der Waals surface area contributed by atoms with Crippen LogP contribution in [-0.4, -0.2) is 17.5 Å². The van der Waals surface area contributed by atoms with Gasteiger partial charge in [-0.25, -0.2) is 0 Å². The fourth-order valence-electron chi connectivity index (χ4n) is 3.96. The molecule has 1 heterocycles. The normalized spacial score (nSPS) is 24.5. The van der Waals surface area contributed by atoms with Crippen LogP contribution in [0.4, 0.5) is 0 Å². The van der Waals surface area contributed by atoms with E-state index in [-0.39, 0.29) is 21.9 Å². The predicted octanol–water partition coefficient (Wildman–Crippen LogP) is 5.98. The van der Waals surface area contributed by atoms with Crippen molar-refractivity contribution >= 4 is 0 Å². The molecule has 22 heavy (non-hydrogen) atoms. The van der Waals surface area contributed by atoms with Gasteiger partial charge >= 0.3 is 0 Å². The zero-order valence-corrected chi connectivity index (χ0v) is 16.8. The molecule has 0 spiro atoms. The number of hydrogen-bond acceptors (Lipinski definition) is 1. The lowest BCUT2D eigenvalue weighted by Crippen LogP contribution is -2.60. The third-order valence-corrected chi connectivity index (χ3v) is 7.03. The Labute approximate surface area is 139 Å². The van der Waals surface area contributed by atoms with E-state index in [2.05, 4.69) is 91.6 Å². The molecule has 0 aromatic heterocycles. The minimum atomic E-state index is 0.0329. The van der Waals surface area contributed by atoms with Crippen molar-refractivity contribution in [2.75, 3.05) is 7.05 Å². The molecule has 0 bridgehead atoms. The molecule has 1 heteroatoms. The highest BCUT2D eigenvalue weighted by Crippen LogP contribution is 2.57. The van der Waals surface area contributed by atoms with Gasteiger partial charge in [-0.15, -0.1) is 0 Å². The highest BCUT2D eigenvalue weighted by Gasteiger charge is 2.56. The number of fused-ring (bicyclic) bond motifs is 1. The van der Waals surface area contributed by atoms with E-state index in [0.717, 1.165) is 0 Å². The Morgan fingerprint density at radius 1 is 0.727 bits per heavy atom. The van der Waals surface area contributed by atoms with Crippen molar-refractivity contribution in [2.45, 2.75) is 85.7 Å². The molecule has 1 aliphatic heterocycles. The van der Waals surface area contributed by atoms with Gasteiger partial charge in [-0.3, -0.25) is 4.90 Å². The third-order valence-electron chi connectivity index (χ3n) is 7.03. The van der Waals surface area contributed by atoms with Crippen LogP contribution in [0.5, 0.6) is 0 Å². The smallest absolute Gasteiger partial charge is 0.0409 e. The van der Waals surface area contributed by atoms with E-state index in [0.29, 0.717) is 0 Å². The Bertz CT molecular complexity index is 520. The summed E-state index contributed by atoms with van der Waals surface area (Å²) in [5.74, 6) is 0. The molecule has 126 valence electrons. The van der Waals surface area contributed by atoms with Gasteiger partial charge in [-0.1, -0.05) is 65.8 Å². The zero-order valence-electron chi connectivity index (χ0n) is 16.8. The summed E-state index contributed by atoms with van der Waals surface area (Å²) < 4.78 is 0. The summed E-state index contributed by atoms with van der Waals surface area (Å²) >= 11 is 0. The standard InChI is InChI=1S/C19H31N.C2H6/c1-16(2)14-12-10-11-13-15(14)17(3,4)20(9)19(7,8)18(16,5)6;1-2/h10-13H,1-9H3;1-2H3. The van der Waals surface area contributed by atoms with Crippen LogP contribution in [0.15, 0.2) is 24.3 Å². The monoisotopic (exact) mass is 303 g/mol. The number of rotatable bonds is 0. The molecule has 0 saturated carbocycles. The first kappa shape index (κ1) is 19.2. The van der Waals surface area contributed by atoms with Gasteiger partial charge in [0.15, 0.2) is 0 Å². The topological polar surface area (TPSA) is 3.24 Å². The lowest BCUT2D eigenvalue weighted by Gasteiger charge is -2.56. The van der Waals surface area contributed by atoms with Gasteiger partial charge in [0.25, 0.3) is 0 Å². The Morgan fingerprint density at radius 3 is 1.59 bits per heavy atom. The van der Waals surface area contributed by atoms with Crippen molar-refractivity contribution in [3.63, 3.8) is 0 Å². The molecule has 0 amide bonds. The molecule has 0 N–H and O–H groups in total. The molecule has 0 aliphatic carbocycles. The van der Waals surface area contributed by atoms with Gasteiger partial charge in [0, 0.05) is 11.1 Å². The molecule has 0 fully saturated rings. The van der Waals surface area contributed by atoms with Crippen molar-refractivity contribution in [3.05, 3.63) is 35.4 Å². The summed E-state index contributed by atoms with van der Waals surface area (Å²) in [6, 6.07) is 9.00. The van der Waals surface area contributed by atoms with Crippen LogP contribution in [0.2, 0.25) is 0 Å². The van der Waals surface area contributed by atoms with Gasteiger partial charge in [-0.2, -0.15) is 0 Å². The first-order valence-corrected chi connectivity index (χ1v) is 8.72. The summed E-state index contributed by atoms with van der Waals surface area (Å²) in [4.78, 5) is 2.56. The van der Waals surface area contributed by atoms with Crippen molar-refractivity contribution in [1.29, 1.82) is 0 Å². The Balaban J connectivity index is 0.00000116. The van der Waals surface area contributed by atoms with E-state index in [9.17, 15) is 0 Å². The predicted molar refractivity (Wildman–Crippen MR) is 99.5 cm³/mol. The third kappa shape index (κ3) is 2.33. The second-order valence-electron chi connectivity index (χ2n) is 8.47. The second-order valence-corrected chi connectivity index (χ2v) is 8.47. The first-order valence-electron chi connectivity index (χ1n) is 8.72. The summed E-state index contributed by atoms with van der Waals surface area (Å²) in [6.07, 6.45) is 0. The van der Waals surface area contributed by atoms with Crippen LogP contribution < -0.4 is 0 Å². The Morgan fingerprint density at radius 2 is 1.14 bits per heavy atom. The Hall–Kier alpha value is -0.820. The fourth-order valence-corrected chi connectivity index (χ4v) is 3.96. The zero-order chi connectivity index (χ0) is 17.6. The number of benzene rings is 1. The first-order chi connectivity index (χ1) is 9.88. The molecule has 2 rings (SSSR count). The van der Waals surface area contributed by atoms with E-state index in [1.807, 2.05) is 13.8 Å². The minimum absolute atomic E-state index is 0.0329. The van der Waals surface area contributed by atoms with Crippen LogP contribution in [-0.2, 0) is 11.0 Å². The highest BCUT2D eigenvalue weighted by atomic mass is 15.2. The molecule has 0 unspecified atom stereocenters. The van der Waals surface area contributed by atoms with Crippen molar-refractivity contribution < 1.29 is 0 Å². The van der Waals surface area contributed by atoms with E-state index in [1.165, 1.54) is 11.1 Å². The van der Waals surface area contributed by atoms with E-state index < -0.39 is 0 Å². The number of nitrogens with zero attached hydrogens (tertiary/aromatic N) is 1. The van der Waals surface area contributed by atoms with Crippen molar-refractivity contribution in [3.8, 4) is 0 Å². The largest absolute Gasteiger partial charge is 0.291 e. The average Bonchev–Trinajstić information content (AvgIpc) is 2.49. The van der Waals surface area contributed by atoms with Gasteiger partial charge in [-0.05, 0) is 56.7 Å². The van der Waals surface area contributed by atoms with Gasteiger partial charge in [0.2, 0.25) is 0 Å². The summed E-state index contributed by atoms with van der Waals surface area (Å²) in [5, 5.41) is 0. The van der Waals surface area contributed by atoms with Crippen LogP contribution in [0.25, 0.3) is 0 Å². The summed E-state index contributed by atoms with van der Waals surface area (Å²) in [7, 11) is 2.28. The Kier molecular flexibility index (Phi) is 4.96. The molecule has 1 aromatic carbocycles. The molecular weight excluding hydrogens is 266 g/mol. The maximum Gasteiger partial charge on any atom is 0.0409 e. The molecule has 1 aliphatic rings. The molecule has 0 radical (unpaired) electrons. The maximum absolute atomic E-state index is 2.56. The van der Waals surface area contributed by atoms with Gasteiger partial charge < -0.3 is 0 Å². The summed E-state index contributed by atoms with van der Waals surface area (Å²) in [5.41, 5.74) is 3.36. The lowest BCUT2D eigenvalue weighted by molar-refractivity contribution is -0.0554. The van der Waals surface area contributed by atoms with E-state index in [4.69, 9.17) is 0 Å². The average molecular weight is 304 g/mol. The van der Waals surface area contributed by atoms with Crippen LogP contribution in [0.1, 0.15) is 80.4 Å². The van der Waals surface area contributed by atoms with E-state index >= 15 is 0 Å². The molecule has 1 aromatic rings. The van der Waals surface area contributed by atoms with Crippen LogP contribution in [0, 0.1) is 5.41 Å². The van der Waals surface area contributed by atoms with E-state index in [1.54, 1.807) is 0 Å². The summed E-state index contributed by atoms with van der Waals surface area (Å²) in [6.45, 7) is 23.1. The van der Waals surface area contributed by atoms with Crippen LogP contribution >= 0.6 is 0 Å². The van der Waals surface area contributed by atoms with Crippen molar-refractivity contribution in [1.82, 2.24) is 4.90 Å². The molecule has 0 atom stereocenters. The minimum Gasteiger partial charge on any atom is -0.291 e. The SMILES string of the molecule is CC.CN1C(C)(C)c2ccccc2C(C)(C)C(C)(C)C1(C)C. The molecule has 1 nitrogen and oxygen atoms in total. The van der Waals surface area contributed by atoms with Gasteiger partial charge in [0.05, 0.1) is 0 Å². The number of hydrogen-bond donors (Lipinski definition) is 0. The van der Waals surface area contributed by atoms with Crippen LogP contribution in [0.3, 0.4) is 0 Å².